The molecule has 3 heterocycles. The van der Waals surface area contributed by atoms with E-state index in [1.54, 1.807) is 39.8 Å². The number of rotatable bonds is 12. The average Bonchev–Trinajstić information content (AvgIpc) is 1.53. The number of amides is 12. The van der Waals surface area contributed by atoms with Crippen LogP contribution in [0.5, 0.6) is 0 Å². The summed E-state index contributed by atoms with van der Waals surface area (Å²) in [6.45, 7) is 4.88. The Morgan fingerprint density at radius 2 is 1.24 bits per heavy atom. The third-order valence-corrected chi connectivity index (χ3v) is 24.4. The highest BCUT2D eigenvalue weighted by atomic mass is 19.4. The molecule has 108 heavy (non-hydrogen) atoms. The van der Waals surface area contributed by atoms with Crippen molar-refractivity contribution in [2.24, 2.45) is 35.5 Å². The number of hydrogen-bond acceptors (Lipinski definition) is 13. The number of ether oxygens (including phenoxy) is 1. The van der Waals surface area contributed by atoms with Crippen molar-refractivity contribution in [1.82, 2.24) is 59.6 Å². The number of alkyl halides is 8. The monoisotopic (exact) mass is 1540 g/mol. The molecule has 7 aliphatic rings. The lowest BCUT2D eigenvalue weighted by atomic mass is 9.76. The van der Waals surface area contributed by atoms with Gasteiger partial charge in [0.05, 0.1) is 31.5 Å². The molecule has 6 fully saturated rings. The fourth-order valence-corrected chi connectivity index (χ4v) is 17.6. The van der Waals surface area contributed by atoms with Crippen LogP contribution in [-0.2, 0) is 62.3 Å². The number of nitrogens with one attached hydrogen (secondary N) is 2. The smallest absolute Gasteiger partial charge is 0.377 e. The first-order valence-electron chi connectivity index (χ1n) is 38.6. The van der Waals surface area contributed by atoms with Crippen LogP contribution in [-0.4, -0.2) is 301 Å². The van der Waals surface area contributed by atoms with E-state index < -0.39 is 230 Å². The molecule has 33 heteroatoms. The van der Waals surface area contributed by atoms with Crippen molar-refractivity contribution in [2.45, 2.75) is 260 Å². The molecule has 0 aromatic heterocycles. The Morgan fingerprint density at radius 3 is 1.81 bits per heavy atom. The number of fused-ring (bicyclic) bond motifs is 3. The molecular weight excluding hydrogens is 1430 g/mol. The molecule has 610 valence electrons. The van der Waals surface area contributed by atoms with Gasteiger partial charge >= 0.3 is 12.4 Å². The molecule has 2 bridgehead atoms. The normalized spacial score (nSPS) is 32.1. The summed E-state index contributed by atoms with van der Waals surface area (Å²) in [5.41, 5.74) is -1.67. The van der Waals surface area contributed by atoms with Crippen molar-refractivity contribution < 1.29 is 97.4 Å². The second-order valence-corrected chi connectivity index (χ2v) is 31.6. The molecule has 4 saturated carbocycles. The van der Waals surface area contributed by atoms with Crippen molar-refractivity contribution in [3.63, 3.8) is 0 Å². The Labute approximate surface area is 629 Å². The maximum absolute atomic E-state index is 15.9. The van der Waals surface area contributed by atoms with Crippen LogP contribution >= 0.6 is 0 Å². The van der Waals surface area contributed by atoms with Gasteiger partial charge in [0.25, 0.3) is 0 Å². The van der Waals surface area contributed by atoms with Gasteiger partial charge in [-0.25, -0.2) is 8.78 Å². The number of halogens is 8. The largest absolute Gasteiger partial charge is 0.397 e. The van der Waals surface area contributed by atoms with Crippen LogP contribution in [0.4, 0.5) is 35.1 Å². The van der Waals surface area contributed by atoms with E-state index in [1.807, 2.05) is 0 Å². The minimum absolute atomic E-state index is 0.00223. The van der Waals surface area contributed by atoms with Crippen LogP contribution in [0.1, 0.15) is 175 Å². The summed E-state index contributed by atoms with van der Waals surface area (Å²) in [5, 5.41) is 5.46. The summed E-state index contributed by atoms with van der Waals surface area (Å²) in [7, 11) is 12.3. The third kappa shape index (κ3) is 20.5. The highest BCUT2D eigenvalue weighted by Gasteiger charge is 2.57. The molecule has 0 radical (unpaired) electrons. The van der Waals surface area contributed by atoms with Crippen molar-refractivity contribution in [2.75, 3.05) is 96.2 Å². The van der Waals surface area contributed by atoms with Crippen molar-refractivity contribution in [3.05, 3.63) is 12.2 Å². The Bertz CT molecular complexity index is 3230. The Hall–Kier alpha value is -7.22. The maximum Gasteiger partial charge on any atom is 0.397 e. The zero-order valence-corrected chi connectivity index (χ0v) is 65.1. The molecule has 1 spiro atoms. The quantitative estimate of drug-likeness (QED) is 0.157. The Kier molecular flexibility index (Phi) is 30.7. The van der Waals surface area contributed by atoms with E-state index in [1.165, 1.54) is 83.0 Å². The van der Waals surface area contributed by atoms with E-state index in [0.29, 0.717) is 44.9 Å². The van der Waals surface area contributed by atoms with Crippen LogP contribution in [0.3, 0.4) is 0 Å². The molecule has 2 N–H and O–H groups in total. The number of carbonyl (C=O) groups is 12. The topological polar surface area (TPSA) is 271 Å². The lowest BCUT2D eigenvalue weighted by Crippen LogP contribution is -2.65. The van der Waals surface area contributed by atoms with Gasteiger partial charge in [-0.2, -0.15) is 26.3 Å². The second-order valence-electron chi connectivity index (χ2n) is 31.6. The van der Waals surface area contributed by atoms with Crippen LogP contribution in [0.15, 0.2) is 12.2 Å². The molecule has 25 nitrogen and oxygen atoms in total. The fraction of sp³-hybridized carbons (Fsp3) is 0.813. The molecule has 7 rings (SSSR count). The van der Waals surface area contributed by atoms with E-state index in [9.17, 15) is 55.1 Å². The van der Waals surface area contributed by atoms with E-state index in [4.69, 9.17) is 4.74 Å². The zero-order valence-electron chi connectivity index (χ0n) is 65.1. The van der Waals surface area contributed by atoms with Gasteiger partial charge in [0, 0.05) is 89.5 Å². The standard InChI is InChI=1S/C75H116F8N12O13/c1-14-44(4)62-70(105)88(8)43-60(98)90(10)54-26-18-17-23-35-94(69(54)104)56(38-45-27-30-48(31-28-45)74(78,79)80)67(102)87(7)42-58(96)84-52(32-29-46-36-50(76)61(51(77)37-46)75(81,82)83)65(100)95-41-49(108-16-3)39-57(95)68(103)93(13)73(33-21-22-34-73)72(107)92(12)63(47-24-19-20-25-47)71(106)91(11)55(66(101)86(5)6)40-59(97)89(9)53(15-2)64(99)85-62/h17-18,44-57,61-63H,14-16,19-43H2,1-13H3,(H,84,96)(H,85,99)/b18-17-/t44-,45?,46?,48?,49+,50?,51?,52-,53-,54-,55-,56-,57-,61?,62-,63-/m0/s1. The van der Waals surface area contributed by atoms with Crippen molar-refractivity contribution in [3.8, 4) is 0 Å². The first kappa shape index (κ1) is 88.0. The predicted molar refractivity (Wildman–Crippen MR) is 381 cm³/mol. The van der Waals surface area contributed by atoms with Gasteiger partial charge in [-0.05, 0) is 133 Å². The molecule has 0 aromatic carbocycles. The Morgan fingerprint density at radius 1 is 0.630 bits per heavy atom. The summed E-state index contributed by atoms with van der Waals surface area (Å²) >= 11 is 0. The molecule has 4 aliphatic carbocycles. The van der Waals surface area contributed by atoms with E-state index >= 15 is 37.5 Å². The third-order valence-electron chi connectivity index (χ3n) is 24.4. The SMILES string of the molecule is CCO[C@@H]1C[C@H]2C(=O)N(C)C3(CCCC3)C(=O)N(C)[C@@H](C3CCCC3)C(=O)N(C)[C@H](C(=O)N(C)C)CC(=O)N(C)[C@@H](CC)C(=O)N[C@@H]([C@@H](C)CC)C(=O)N(C)CC(=O)N(C)[C@H]3C/C=C\CCN(C3=O)[C@@H](CC3CCC(C(F)(F)F)CC3)C(=O)N(C)CC(=O)N[C@@H](CCC3CC(F)C(C(F)(F)F)C(F)C3)C(=O)N2C1. The van der Waals surface area contributed by atoms with Gasteiger partial charge in [-0.1, -0.05) is 65.0 Å². The zero-order chi connectivity index (χ0) is 80.4. The predicted octanol–water partition coefficient (Wildman–Crippen LogP) is 6.45. The lowest BCUT2D eigenvalue weighted by Gasteiger charge is -2.45. The number of likely N-dealkylation sites (N-methyl/N-ethyl adjacent to an activating group) is 8. The molecule has 12 atom stereocenters. The van der Waals surface area contributed by atoms with Gasteiger partial charge in [0.2, 0.25) is 70.9 Å². The highest BCUT2D eigenvalue weighted by Crippen LogP contribution is 2.46. The molecule has 3 aliphatic heterocycles. The number of carbonyl (C=O) groups excluding carboxylic acids is 12. The van der Waals surface area contributed by atoms with Crippen LogP contribution in [0, 0.1) is 35.5 Å². The van der Waals surface area contributed by atoms with Gasteiger partial charge < -0.3 is 64.4 Å². The summed E-state index contributed by atoms with van der Waals surface area (Å²) in [6.07, 6.45) is -12.7. The van der Waals surface area contributed by atoms with Crippen molar-refractivity contribution in [1.29, 1.82) is 0 Å². The van der Waals surface area contributed by atoms with Crippen LogP contribution in [0.25, 0.3) is 0 Å². The Balaban J connectivity index is 1.34. The second kappa shape index (κ2) is 37.7. The average molecular weight is 1550 g/mol. The van der Waals surface area contributed by atoms with E-state index in [-0.39, 0.29) is 96.7 Å². The van der Waals surface area contributed by atoms with E-state index in [2.05, 4.69) is 10.6 Å². The van der Waals surface area contributed by atoms with Gasteiger partial charge in [0.1, 0.15) is 72.1 Å². The summed E-state index contributed by atoms with van der Waals surface area (Å²) in [5.74, 6) is -16.7. The number of nitrogens with zero attached hydrogens (tertiary/aromatic N) is 10. The van der Waals surface area contributed by atoms with Gasteiger partial charge in [-0.15, -0.1) is 0 Å². The maximum atomic E-state index is 15.9. The van der Waals surface area contributed by atoms with Crippen molar-refractivity contribution >= 4 is 70.9 Å². The molecule has 0 aromatic rings. The molecular formula is C75H116F8N12O13. The fourth-order valence-electron chi connectivity index (χ4n) is 17.6. The van der Waals surface area contributed by atoms with Crippen LogP contribution < -0.4 is 10.6 Å². The number of hydrogen-bond donors (Lipinski definition) is 2. The first-order valence-corrected chi connectivity index (χ1v) is 38.6. The molecule has 12 amide bonds. The van der Waals surface area contributed by atoms with Gasteiger partial charge in [-0.3, -0.25) is 57.5 Å². The first-order chi connectivity index (χ1) is 50.6. The van der Waals surface area contributed by atoms with Gasteiger partial charge in [0.15, 0.2) is 0 Å². The molecule has 2 unspecified atom stereocenters. The lowest BCUT2D eigenvalue weighted by molar-refractivity contribution is -0.219. The molecule has 2 saturated heterocycles. The summed E-state index contributed by atoms with van der Waals surface area (Å²) < 4.78 is 122. The van der Waals surface area contributed by atoms with E-state index in [0.717, 1.165) is 29.4 Å². The van der Waals surface area contributed by atoms with Crippen LogP contribution in [0.2, 0.25) is 0 Å². The highest BCUT2D eigenvalue weighted by molar-refractivity contribution is 6.01. The summed E-state index contributed by atoms with van der Waals surface area (Å²) in [4.78, 5) is 193. The summed E-state index contributed by atoms with van der Waals surface area (Å²) in [6, 6.07) is -11.4. The minimum atomic E-state index is -5.22. The minimum Gasteiger partial charge on any atom is -0.377 e.